The number of carbonyl (C=O) groups is 2. The van der Waals surface area contributed by atoms with Crippen LogP contribution in [0.3, 0.4) is 0 Å². The standard InChI is InChI=1S/C33H30F3N5O4/c1-20-15-24(8-10-26(20)37-5)39-29(42)31(3,44)19-45-32(4,30(43)40-25-9-11-27(38-6)21(2)16-25)18-41-14-13-22-17-23(33(34,35)36)7-12-28(22)41/h7-17,44H,18-19H2,1-4H3,(H,39,42)(H,40,43)/t31-,32-/m0/s1. The second-order valence-electron chi connectivity index (χ2n) is 11.1. The maximum atomic E-state index is 13.8. The molecule has 2 amide bonds. The van der Waals surface area contributed by atoms with Gasteiger partial charge in [-0.3, -0.25) is 9.59 Å². The van der Waals surface area contributed by atoms with Crippen LogP contribution in [0.1, 0.15) is 30.5 Å². The molecular formula is C33H30F3N5O4. The van der Waals surface area contributed by atoms with Gasteiger partial charge in [-0.1, -0.05) is 12.1 Å². The van der Waals surface area contributed by atoms with Crippen molar-refractivity contribution in [2.75, 3.05) is 17.2 Å². The van der Waals surface area contributed by atoms with Crippen LogP contribution in [0.5, 0.6) is 0 Å². The summed E-state index contributed by atoms with van der Waals surface area (Å²) < 4.78 is 47.4. The monoisotopic (exact) mass is 617 g/mol. The lowest BCUT2D eigenvalue weighted by atomic mass is 10.0. The van der Waals surface area contributed by atoms with Crippen LogP contribution >= 0.6 is 0 Å². The van der Waals surface area contributed by atoms with E-state index in [0.717, 1.165) is 12.1 Å². The Morgan fingerprint density at radius 2 is 1.42 bits per heavy atom. The molecule has 0 fully saturated rings. The average molecular weight is 618 g/mol. The minimum atomic E-state index is -4.53. The number of rotatable bonds is 9. The highest BCUT2D eigenvalue weighted by Gasteiger charge is 2.40. The fourth-order valence-electron chi connectivity index (χ4n) is 4.63. The van der Waals surface area contributed by atoms with E-state index >= 15 is 0 Å². The smallest absolute Gasteiger partial charge is 0.378 e. The number of nitrogens with zero attached hydrogens (tertiary/aromatic N) is 3. The zero-order valence-corrected chi connectivity index (χ0v) is 24.9. The fraction of sp³-hybridized carbons (Fsp3) is 0.273. The van der Waals surface area contributed by atoms with Gasteiger partial charge in [0.15, 0.2) is 22.6 Å². The van der Waals surface area contributed by atoms with Gasteiger partial charge in [-0.05, 0) is 87.4 Å². The van der Waals surface area contributed by atoms with Crippen LogP contribution in [0.2, 0.25) is 0 Å². The number of carbonyl (C=O) groups excluding carboxylic acids is 2. The topological polar surface area (TPSA) is 101 Å². The van der Waals surface area contributed by atoms with Crippen molar-refractivity contribution in [2.45, 2.75) is 51.6 Å². The number of ether oxygens (including phenoxy) is 1. The average Bonchev–Trinajstić information content (AvgIpc) is 3.37. The van der Waals surface area contributed by atoms with Gasteiger partial charge in [0.25, 0.3) is 11.8 Å². The summed E-state index contributed by atoms with van der Waals surface area (Å²) in [5.41, 5.74) is -1.49. The molecule has 12 heteroatoms. The summed E-state index contributed by atoms with van der Waals surface area (Å²) >= 11 is 0. The SMILES string of the molecule is [C-]#[N+]c1ccc(NC(=O)[C@@](C)(O)CO[C@@](C)(Cn2ccc3cc(C(F)(F)F)ccc32)C(=O)Nc2ccc([N+]#[C-])c(C)c2)cc1C. The Bertz CT molecular complexity index is 1870. The van der Waals surface area contributed by atoms with Crippen LogP contribution in [0.4, 0.5) is 35.9 Å². The van der Waals surface area contributed by atoms with Gasteiger partial charge in [-0.25, -0.2) is 9.69 Å². The molecule has 0 saturated heterocycles. The highest BCUT2D eigenvalue weighted by Crippen LogP contribution is 2.33. The van der Waals surface area contributed by atoms with E-state index in [2.05, 4.69) is 20.3 Å². The van der Waals surface area contributed by atoms with Crippen molar-refractivity contribution in [3.8, 4) is 0 Å². The summed E-state index contributed by atoms with van der Waals surface area (Å²) in [4.78, 5) is 33.6. The van der Waals surface area contributed by atoms with Crippen LogP contribution < -0.4 is 10.6 Å². The van der Waals surface area contributed by atoms with Gasteiger partial charge in [-0.2, -0.15) is 13.2 Å². The molecule has 1 heterocycles. The number of fused-ring (bicyclic) bond motifs is 1. The molecule has 45 heavy (non-hydrogen) atoms. The molecule has 3 N–H and O–H groups in total. The van der Waals surface area contributed by atoms with Gasteiger partial charge in [-0.15, -0.1) is 0 Å². The second-order valence-corrected chi connectivity index (χ2v) is 11.1. The number of aliphatic hydroxyl groups is 1. The lowest BCUT2D eigenvalue weighted by Crippen LogP contribution is -2.52. The first-order valence-electron chi connectivity index (χ1n) is 13.7. The van der Waals surface area contributed by atoms with Gasteiger partial charge in [0.1, 0.15) is 0 Å². The third-order valence-corrected chi connectivity index (χ3v) is 7.36. The normalized spacial score (nSPS) is 14.1. The van der Waals surface area contributed by atoms with Crippen molar-refractivity contribution in [2.24, 2.45) is 0 Å². The van der Waals surface area contributed by atoms with Crippen LogP contribution in [-0.2, 0) is 27.0 Å². The molecule has 0 aliphatic heterocycles. The molecule has 0 aliphatic carbocycles. The predicted octanol–water partition coefficient (Wildman–Crippen LogP) is 7.18. The van der Waals surface area contributed by atoms with E-state index in [0.29, 0.717) is 44.8 Å². The van der Waals surface area contributed by atoms with E-state index in [1.54, 1.807) is 42.7 Å². The summed E-state index contributed by atoms with van der Waals surface area (Å²) in [6.07, 6.45) is -3.01. The number of aryl methyl sites for hydroxylation is 2. The Morgan fingerprint density at radius 3 is 1.93 bits per heavy atom. The van der Waals surface area contributed by atoms with Gasteiger partial charge >= 0.3 is 6.18 Å². The molecule has 0 saturated carbocycles. The molecule has 4 rings (SSSR count). The van der Waals surface area contributed by atoms with Gasteiger partial charge in [0.05, 0.1) is 31.9 Å². The molecule has 9 nitrogen and oxygen atoms in total. The first kappa shape index (κ1) is 32.7. The van der Waals surface area contributed by atoms with E-state index in [1.165, 1.54) is 44.3 Å². The third kappa shape index (κ3) is 7.32. The third-order valence-electron chi connectivity index (χ3n) is 7.36. The van der Waals surface area contributed by atoms with E-state index < -0.39 is 41.4 Å². The Balaban J connectivity index is 1.61. The van der Waals surface area contributed by atoms with Crippen molar-refractivity contribution < 1.29 is 32.6 Å². The summed E-state index contributed by atoms with van der Waals surface area (Å²) in [7, 11) is 0. The van der Waals surface area contributed by atoms with E-state index in [1.807, 2.05) is 0 Å². The van der Waals surface area contributed by atoms with Crippen molar-refractivity contribution in [3.63, 3.8) is 0 Å². The highest BCUT2D eigenvalue weighted by atomic mass is 19.4. The minimum Gasteiger partial charge on any atom is -0.378 e. The predicted molar refractivity (Wildman–Crippen MR) is 164 cm³/mol. The summed E-state index contributed by atoms with van der Waals surface area (Å²) in [5.74, 6) is -1.48. The van der Waals surface area contributed by atoms with E-state index in [4.69, 9.17) is 17.9 Å². The number of hydrogen-bond acceptors (Lipinski definition) is 4. The molecule has 4 aromatic rings. The summed E-state index contributed by atoms with van der Waals surface area (Å²) in [5, 5.41) is 16.7. The van der Waals surface area contributed by atoms with Crippen LogP contribution in [0.25, 0.3) is 20.6 Å². The van der Waals surface area contributed by atoms with Crippen molar-refractivity contribution in [3.05, 3.63) is 106 Å². The second kappa shape index (κ2) is 12.4. The number of aromatic nitrogens is 1. The Kier molecular flexibility index (Phi) is 9.05. The summed E-state index contributed by atoms with van der Waals surface area (Å²) in [6.45, 7) is 19.7. The number of amides is 2. The van der Waals surface area contributed by atoms with Gasteiger partial charge in [0.2, 0.25) is 0 Å². The quantitative estimate of drug-likeness (QED) is 0.173. The lowest BCUT2D eigenvalue weighted by Gasteiger charge is -2.33. The Hall–Kier alpha value is -5.17. The number of alkyl halides is 3. The molecule has 232 valence electrons. The number of halogens is 3. The molecule has 2 atom stereocenters. The maximum absolute atomic E-state index is 13.8. The van der Waals surface area contributed by atoms with E-state index in [-0.39, 0.29) is 6.54 Å². The minimum absolute atomic E-state index is 0.193. The van der Waals surface area contributed by atoms with Crippen LogP contribution in [-0.4, -0.2) is 39.3 Å². The number of anilines is 2. The Morgan fingerprint density at radius 1 is 0.867 bits per heavy atom. The zero-order valence-electron chi connectivity index (χ0n) is 24.9. The Labute approximate surface area is 257 Å². The number of benzene rings is 3. The molecular weight excluding hydrogens is 587 g/mol. The number of nitrogens with one attached hydrogen (secondary N) is 2. The number of hydrogen-bond donors (Lipinski definition) is 3. The first-order chi connectivity index (χ1) is 21.1. The molecule has 1 aromatic heterocycles. The van der Waals surface area contributed by atoms with E-state index in [9.17, 15) is 27.9 Å². The molecule has 0 spiro atoms. The van der Waals surface area contributed by atoms with Crippen molar-refractivity contribution in [1.82, 2.24) is 4.57 Å². The zero-order chi connectivity index (χ0) is 33.2. The van der Waals surface area contributed by atoms with Gasteiger partial charge < -0.3 is 25.0 Å². The van der Waals surface area contributed by atoms with Crippen LogP contribution in [0, 0.1) is 27.0 Å². The van der Waals surface area contributed by atoms with Gasteiger partial charge in [0, 0.05) is 28.5 Å². The van der Waals surface area contributed by atoms with Crippen LogP contribution in [0.15, 0.2) is 66.9 Å². The largest absolute Gasteiger partial charge is 0.416 e. The van der Waals surface area contributed by atoms with Crippen molar-refractivity contribution >= 4 is 45.5 Å². The molecule has 3 aromatic carbocycles. The molecule has 0 bridgehead atoms. The highest BCUT2D eigenvalue weighted by molar-refractivity contribution is 5.98. The molecule has 0 aliphatic rings. The maximum Gasteiger partial charge on any atom is 0.416 e. The molecule has 0 radical (unpaired) electrons. The molecule has 0 unspecified atom stereocenters. The van der Waals surface area contributed by atoms with Crippen molar-refractivity contribution in [1.29, 1.82) is 0 Å². The summed E-state index contributed by atoms with van der Waals surface area (Å²) in [6, 6.07) is 14.1. The first-order valence-corrected chi connectivity index (χ1v) is 13.7. The fourth-order valence-corrected chi connectivity index (χ4v) is 4.63. The lowest BCUT2D eigenvalue weighted by molar-refractivity contribution is -0.159.